The number of rotatable bonds is 3. The Hall–Kier alpha value is -2.37. The van der Waals surface area contributed by atoms with Crippen LogP contribution in [0.1, 0.15) is 31.5 Å². The van der Waals surface area contributed by atoms with Gasteiger partial charge in [0.05, 0.1) is 0 Å². The lowest BCUT2D eigenvalue weighted by Gasteiger charge is -2.31. The van der Waals surface area contributed by atoms with Crippen LogP contribution in [0.3, 0.4) is 0 Å². The molecule has 114 valence electrons. The molecule has 1 fully saturated rings. The van der Waals surface area contributed by atoms with E-state index in [-0.39, 0.29) is 0 Å². The molecule has 0 amide bonds. The summed E-state index contributed by atoms with van der Waals surface area (Å²) in [7, 11) is 0. The van der Waals surface area contributed by atoms with Crippen molar-refractivity contribution in [2.45, 2.75) is 32.2 Å². The Bertz CT molecular complexity index is 745. The summed E-state index contributed by atoms with van der Waals surface area (Å²) in [5, 5.41) is 8.37. The smallest absolute Gasteiger partial charge is 0.298 e. The van der Waals surface area contributed by atoms with Crippen LogP contribution < -0.4 is 4.90 Å². The minimum atomic E-state index is 0.381. The van der Waals surface area contributed by atoms with Gasteiger partial charge in [0.25, 0.3) is 6.01 Å². The van der Waals surface area contributed by atoms with Gasteiger partial charge in [0.15, 0.2) is 5.58 Å². The Labute approximate surface area is 128 Å². The van der Waals surface area contributed by atoms with E-state index in [2.05, 4.69) is 31.6 Å². The van der Waals surface area contributed by atoms with Crippen LogP contribution in [-0.2, 0) is 6.54 Å². The summed E-state index contributed by atoms with van der Waals surface area (Å²) in [6.07, 6.45) is 4.06. The topological polar surface area (TPSA) is 60.0 Å². The molecular weight excluding hydrogens is 278 g/mol. The summed E-state index contributed by atoms with van der Waals surface area (Å²) in [6, 6.07) is 8.61. The minimum Gasteiger partial charge on any atom is -0.423 e. The van der Waals surface area contributed by atoms with E-state index in [4.69, 9.17) is 4.42 Å². The number of aryl methyl sites for hydroxylation is 1. The first kappa shape index (κ1) is 13.3. The molecule has 1 saturated heterocycles. The van der Waals surface area contributed by atoms with Gasteiger partial charge >= 0.3 is 0 Å². The Kier molecular flexibility index (Phi) is 3.29. The molecule has 0 bridgehead atoms. The third-order valence-corrected chi connectivity index (χ3v) is 4.33. The standard InChI is InChI=1S/C16H19N5O/c1-2-20-11-17-19-15(20)12-6-5-9-21(10-12)16-18-13-7-3-4-8-14(13)22-16/h3-4,7-8,11-12H,2,5-6,9-10H2,1H3. The number of benzene rings is 1. The largest absolute Gasteiger partial charge is 0.423 e. The number of aromatic nitrogens is 4. The molecule has 0 N–H and O–H groups in total. The molecular formula is C16H19N5O. The summed E-state index contributed by atoms with van der Waals surface area (Å²) < 4.78 is 8.03. The second-order valence-corrected chi connectivity index (χ2v) is 5.72. The van der Waals surface area contributed by atoms with Crippen molar-refractivity contribution >= 4 is 17.1 Å². The average Bonchev–Trinajstić information content (AvgIpc) is 3.21. The van der Waals surface area contributed by atoms with Crippen LogP contribution in [0.25, 0.3) is 11.1 Å². The molecule has 0 saturated carbocycles. The average molecular weight is 297 g/mol. The molecule has 3 heterocycles. The fourth-order valence-electron chi connectivity index (χ4n) is 3.18. The zero-order chi connectivity index (χ0) is 14.9. The molecule has 4 rings (SSSR count). The van der Waals surface area contributed by atoms with Gasteiger partial charge in [-0.1, -0.05) is 12.1 Å². The van der Waals surface area contributed by atoms with Crippen LogP contribution in [0.15, 0.2) is 35.0 Å². The van der Waals surface area contributed by atoms with Crippen LogP contribution in [0.2, 0.25) is 0 Å². The zero-order valence-electron chi connectivity index (χ0n) is 12.6. The van der Waals surface area contributed by atoms with E-state index in [0.717, 1.165) is 49.4 Å². The molecule has 0 spiro atoms. The summed E-state index contributed by atoms with van der Waals surface area (Å²) in [5.74, 6) is 1.45. The molecule has 1 unspecified atom stereocenters. The first-order valence-electron chi connectivity index (χ1n) is 7.83. The van der Waals surface area contributed by atoms with Crippen LogP contribution in [0.5, 0.6) is 0 Å². The van der Waals surface area contributed by atoms with Gasteiger partial charge in [-0.15, -0.1) is 10.2 Å². The molecule has 0 aliphatic carbocycles. The van der Waals surface area contributed by atoms with Gasteiger partial charge in [0.2, 0.25) is 0 Å². The van der Waals surface area contributed by atoms with Gasteiger partial charge < -0.3 is 13.9 Å². The highest BCUT2D eigenvalue weighted by atomic mass is 16.4. The number of hydrogen-bond acceptors (Lipinski definition) is 5. The monoisotopic (exact) mass is 297 g/mol. The molecule has 1 aromatic carbocycles. The zero-order valence-corrected chi connectivity index (χ0v) is 12.6. The van der Waals surface area contributed by atoms with E-state index < -0.39 is 0 Å². The van der Waals surface area contributed by atoms with Crippen molar-refractivity contribution < 1.29 is 4.42 Å². The third kappa shape index (κ3) is 2.24. The molecule has 6 heteroatoms. The molecule has 1 aliphatic rings. The Morgan fingerprint density at radius 2 is 2.23 bits per heavy atom. The van der Waals surface area contributed by atoms with E-state index in [1.807, 2.05) is 30.6 Å². The Balaban J connectivity index is 1.60. The van der Waals surface area contributed by atoms with Crippen molar-refractivity contribution in [2.75, 3.05) is 18.0 Å². The second-order valence-electron chi connectivity index (χ2n) is 5.72. The maximum absolute atomic E-state index is 5.90. The number of hydrogen-bond donors (Lipinski definition) is 0. The van der Waals surface area contributed by atoms with Crippen LogP contribution >= 0.6 is 0 Å². The summed E-state index contributed by atoms with van der Waals surface area (Å²) in [4.78, 5) is 6.84. The Morgan fingerprint density at radius 3 is 3.09 bits per heavy atom. The maximum atomic E-state index is 5.90. The van der Waals surface area contributed by atoms with E-state index in [0.29, 0.717) is 11.9 Å². The van der Waals surface area contributed by atoms with E-state index >= 15 is 0 Å². The number of anilines is 1. The van der Waals surface area contributed by atoms with Gasteiger partial charge in [-0.05, 0) is 31.9 Å². The van der Waals surface area contributed by atoms with Gasteiger partial charge in [-0.2, -0.15) is 4.98 Å². The molecule has 1 atom stereocenters. The third-order valence-electron chi connectivity index (χ3n) is 4.33. The Morgan fingerprint density at radius 1 is 1.32 bits per heavy atom. The number of para-hydroxylation sites is 2. The van der Waals surface area contributed by atoms with Crippen molar-refractivity contribution in [1.29, 1.82) is 0 Å². The number of nitrogens with zero attached hydrogens (tertiary/aromatic N) is 5. The maximum Gasteiger partial charge on any atom is 0.298 e. The molecule has 0 radical (unpaired) electrons. The minimum absolute atomic E-state index is 0.381. The highest BCUT2D eigenvalue weighted by Gasteiger charge is 2.27. The first-order chi connectivity index (χ1) is 10.8. The van der Waals surface area contributed by atoms with Gasteiger partial charge in [-0.25, -0.2) is 0 Å². The molecule has 2 aromatic heterocycles. The normalized spacial score (nSPS) is 19.0. The van der Waals surface area contributed by atoms with E-state index in [9.17, 15) is 0 Å². The van der Waals surface area contributed by atoms with Gasteiger partial charge in [0.1, 0.15) is 17.7 Å². The van der Waals surface area contributed by atoms with Gasteiger partial charge in [0, 0.05) is 25.6 Å². The molecule has 6 nitrogen and oxygen atoms in total. The lowest BCUT2D eigenvalue weighted by molar-refractivity contribution is 0.445. The first-order valence-corrected chi connectivity index (χ1v) is 7.83. The molecule has 1 aliphatic heterocycles. The second kappa shape index (κ2) is 5.44. The summed E-state index contributed by atoms with van der Waals surface area (Å²) in [5.41, 5.74) is 1.76. The number of oxazole rings is 1. The lowest BCUT2D eigenvalue weighted by Crippen LogP contribution is -2.35. The van der Waals surface area contributed by atoms with Crippen molar-refractivity contribution in [2.24, 2.45) is 0 Å². The summed E-state index contributed by atoms with van der Waals surface area (Å²) in [6.45, 7) is 4.88. The molecule has 22 heavy (non-hydrogen) atoms. The highest BCUT2D eigenvalue weighted by Crippen LogP contribution is 2.30. The van der Waals surface area contributed by atoms with Crippen LogP contribution in [0.4, 0.5) is 6.01 Å². The van der Waals surface area contributed by atoms with E-state index in [1.54, 1.807) is 0 Å². The highest BCUT2D eigenvalue weighted by molar-refractivity contribution is 5.74. The van der Waals surface area contributed by atoms with Crippen molar-refractivity contribution in [3.63, 3.8) is 0 Å². The lowest BCUT2D eigenvalue weighted by atomic mass is 9.97. The van der Waals surface area contributed by atoms with Crippen molar-refractivity contribution in [3.05, 3.63) is 36.4 Å². The quantitative estimate of drug-likeness (QED) is 0.744. The number of fused-ring (bicyclic) bond motifs is 1. The SMILES string of the molecule is CCn1cnnc1C1CCCN(c2nc3ccccc3o2)C1. The summed E-state index contributed by atoms with van der Waals surface area (Å²) >= 11 is 0. The number of piperidine rings is 1. The fourth-order valence-corrected chi connectivity index (χ4v) is 3.18. The van der Waals surface area contributed by atoms with Crippen molar-refractivity contribution in [3.8, 4) is 0 Å². The van der Waals surface area contributed by atoms with Crippen LogP contribution in [0, 0.1) is 0 Å². The fraction of sp³-hybridized carbons (Fsp3) is 0.438. The van der Waals surface area contributed by atoms with Crippen LogP contribution in [-0.4, -0.2) is 32.8 Å². The predicted molar refractivity (Wildman–Crippen MR) is 83.9 cm³/mol. The van der Waals surface area contributed by atoms with E-state index in [1.165, 1.54) is 0 Å². The molecule has 3 aromatic rings. The van der Waals surface area contributed by atoms with Gasteiger partial charge in [-0.3, -0.25) is 0 Å². The van der Waals surface area contributed by atoms with Crippen molar-refractivity contribution in [1.82, 2.24) is 19.7 Å². The predicted octanol–water partition coefficient (Wildman–Crippen LogP) is 2.82.